The first kappa shape index (κ1) is 20.6. The lowest BCUT2D eigenvalue weighted by Gasteiger charge is -2.29. The van der Waals surface area contributed by atoms with E-state index in [1.165, 1.54) is 11.3 Å². The van der Waals surface area contributed by atoms with Crippen LogP contribution in [0.2, 0.25) is 0 Å². The first-order valence-corrected chi connectivity index (χ1v) is 10.7. The van der Waals surface area contributed by atoms with E-state index in [0.717, 1.165) is 43.1 Å². The van der Waals surface area contributed by atoms with E-state index in [-0.39, 0.29) is 5.91 Å². The maximum Gasteiger partial charge on any atom is 0.260 e. The second-order valence-corrected chi connectivity index (χ2v) is 7.99. The number of rotatable bonds is 7. The summed E-state index contributed by atoms with van der Waals surface area (Å²) in [6.45, 7) is 4.48. The van der Waals surface area contributed by atoms with Crippen molar-refractivity contribution in [2.45, 2.75) is 0 Å². The number of amides is 1. The summed E-state index contributed by atoms with van der Waals surface area (Å²) in [6, 6.07) is 13.2. The highest BCUT2D eigenvalue weighted by Gasteiger charge is 2.24. The molecule has 0 atom stereocenters. The molecule has 1 amide bonds. The number of anilines is 1. The number of para-hydroxylation sites is 1. The highest BCUT2D eigenvalue weighted by Crippen LogP contribution is 2.31. The fourth-order valence-electron chi connectivity index (χ4n) is 3.41. The standard InChI is InChI=1S/C22H25N3O4S/c1-27-17-13-16(14-18(15-17)28-2)21(26)25(8-7-24-9-11-29-12-10-24)22-23-19-5-3-4-6-20(19)30-22/h3-6,13-15H,7-12H2,1-2H3. The first-order chi connectivity index (χ1) is 14.7. The molecule has 4 rings (SSSR count). The van der Waals surface area contributed by atoms with E-state index < -0.39 is 0 Å². The number of carbonyl (C=O) groups excluding carboxylic acids is 1. The molecule has 7 nitrogen and oxygen atoms in total. The Morgan fingerprint density at radius 1 is 1.13 bits per heavy atom. The molecule has 0 saturated carbocycles. The van der Waals surface area contributed by atoms with Crippen LogP contribution in [0.15, 0.2) is 42.5 Å². The monoisotopic (exact) mass is 427 g/mol. The Morgan fingerprint density at radius 2 is 1.83 bits per heavy atom. The molecule has 3 aromatic rings. The van der Waals surface area contributed by atoms with Gasteiger partial charge in [0.1, 0.15) is 11.5 Å². The van der Waals surface area contributed by atoms with Gasteiger partial charge in [0.05, 0.1) is 37.6 Å². The quantitative estimate of drug-likeness (QED) is 0.577. The van der Waals surface area contributed by atoms with Crippen molar-refractivity contribution >= 4 is 32.6 Å². The van der Waals surface area contributed by atoms with Gasteiger partial charge in [-0.25, -0.2) is 4.98 Å². The lowest BCUT2D eigenvalue weighted by Crippen LogP contribution is -2.43. The van der Waals surface area contributed by atoms with E-state index in [9.17, 15) is 4.79 Å². The van der Waals surface area contributed by atoms with Crippen LogP contribution in [0.3, 0.4) is 0 Å². The first-order valence-electron chi connectivity index (χ1n) is 9.88. The molecule has 1 fully saturated rings. The number of benzene rings is 2. The molecule has 1 aliphatic rings. The van der Waals surface area contributed by atoms with Gasteiger partial charge in [0.25, 0.3) is 5.91 Å². The van der Waals surface area contributed by atoms with Crippen molar-refractivity contribution in [2.75, 3.05) is 58.5 Å². The van der Waals surface area contributed by atoms with Gasteiger partial charge >= 0.3 is 0 Å². The van der Waals surface area contributed by atoms with Gasteiger partial charge in [0.2, 0.25) is 0 Å². The predicted molar refractivity (Wildman–Crippen MR) is 118 cm³/mol. The van der Waals surface area contributed by atoms with Crippen molar-refractivity contribution in [1.29, 1.82) is 0 Å². The van der Waals surface area contributed by atoms with E-state index >= 15 is 0 Å². The second kappa shape index (κ2) is 9.42. The number of aromatic nitrogens is 1. The van der Waals surface area contributed by atoms with Crippen molar-refractivity contribution in [3.8, 4) is 11.5 Å². The zero-order valence-corrected chi connectivity index (χ0v) is 18.0. The Labute approximate surface area is 179 Å². The van der Waals surface area contributed by atoms with Gasteiger partial charge in [0, 0.05) is 37.8 Å². The van der Waals surface area contributed by atoms with Crippen molar-refractivity contribution in [1.82, 2.24) is 9.88 Å². The Bertz CT molecular complexity index is 961. The fraction of sp³-hybridized carbons (Fsp3) is 0.364. The number of morpholine rings is 1. The number of hydrogen-bond acceptors (Lipinski definition) is 7. The average molecular weight is 428 g/mol. The minimum atomic E-state index is -0.125. The lowest BCUT2D eigenvalue weighted by molar-refractivity contribution is 0.0391. The average Bonchev–Trinajstić information content (AvgIpc) is 3.23. The maximum absolute atomic E-state index is 13.6. The molecule has 2 aromatic carbocycles. The van der Waals surface area contributed by atoms with Crippen LogP contribution in [-0.2, 0) is 4.74 Å². The van der Waals surface area contributed by atoms with Gasteiger partial charge in [-0.15, -0.1) is 0 Å². The zero-order chi connectivity index (χ0) is 20.9. The number of thiazole rings is 1. The lowest BCUT2D eigenvalue weighted by atomic mass is 10.1. The highest BCUT2D eigenvalue weighted by molar-refractivity contribution is 7.22. The van der Waals surface area contributed by atoms with Crippen LogP contribution in [0.25, 0.3) is 10.2 Å². The number of carbonyl (C=O) groups is 1. The van der Waals surface area contributed by atoms with Gasteiger partial charge in [0.15, 0.2) is 5.13 Å². The number of ether oxygens (including phenoxy) is 3. The van der Waals surface area contributed by atoms with Gasteiger partial charge in [-0.1, -0.05) is 23.5 Å². The summed E-state index contributed by atoms with van der Waals surface area (Å²) in [4.78, 5) is 22.4. The number of nitrogens with zero attached hydrogens (tertiary/aromatic N) is 3. The Morgan fingerprint density at radius 3 is 2.50 bits per heavy atom. The summed E-state index contributed by atoms with van der Waals surface area (Å²) in [5.41, 5.74) is 1.40. The third-order valence-corrected chi connectivity index (χ3v) is 6.16. The summed E-state index contributed by atoms with van der Waals surface area (Å²) in [5, 5.41) is 0.691. The number of methoxy groups -OCH3 is 2. The van der Waals surface area contributed by atoms with Crippen LogP contribution in [0.4, 0.5) is 5.13 Å². The smallest absolute Gasteiger partial charge is 0.260 e. The highest BCUT2D eigenvalue weighted by atomic mass is 32.1. The molecule has 1 saturated heterocycles. The Balaban J connectivity index is 1.65. The molecule has 30 heavy (non-hydrogen) atoms. The van der Waals surface area contributed by atoms with Crippen LogP contribution in [0, 0.1) is 0 Å². The van der Waals surface area contributed by atoms with Crippen LogP contribution in [0.1, 0.15) is 10.4 Å². The molecule has 0 unspecified atom stereocenters. The van der Waals surface area contributed by atoms with Gasteiger partial charge in [-0.2, -0.15) is 0 Å². The Kier molecular flexibility index (Phi) is 6.47. The van der Waals surface area contributed by atoms with Crippen LogP contribution >= 0.6 is 11.3 Å². The van der Waals surface area contributed by atoms with Gasteiger partial charge in [-0.3, -0.25) is 14.6 Å². The topological polar surface area (TPSA) is 64.1 Å². The van der Waals surface area contributed by atoms with E-state index in [2.05, 4.69) is 4.90 Å². The van der Waals surface area contributed by atoms with Crippen LogP contribution < -0.4 is 14.4 Å². The number of hydrogen-bond donors (Lipinski definition) is 0. The van der Waals surface area contributed by atoms with Crippen molar-refractivity contribution in [3.63, 3.8) is 0 Å². The summed E-state index contributed by atoms with van der Waals surface area (Å²) in [7, 11) is 3.15. The summed E-state index contributed by atoms with van der Waals surface area (Å²) in [5.74, 6) is 1.03. The van der Waals surface area contributed by atoms with E-state index in [0.29, 0.717) is 28.7 Å². The van der Waals surface area contributed by atoms with Crippen molar-refractivity contribution < 1.29 is 19.0 Å². The molecule has 1 aromatic heterocycles. The molecule has 158 valence electrons. The summed E-state index contributed by atoms with van der Waals surface area (Å²) < 4.78 is 17.2. The Hall–Kier alpha value is -2.68. The molecule has 1 aliphatic heterocycles. The molecule has 0 radical (unpaired) electrons. The summed E-state index contributed by atoms with van der Waals surface area (Å²) >= 11 is 1.52. The minimum Gasteiger partial charge on any atom is -0.497 e. The van der Waals surface area contributed by atoms with Crippen LogP contribution in [0.5, 0.6) is 11.5 Å². The molecule has 2 heterocycles. The van der Waals surface area contributed by atoms with E-state index in [4.69, 9.17) is 19.2 Å². The maximum atomic E-state index is 13.6. The molecule has 0 spiro atoms. The van der Waals surface area contributed by atoms with E-state index in [1.807, 2.05) is 24.3 Å². The molecule has 0 aliphatic carbocycles. The van der Waals surface area contributed by atoms with Crippen molar-refractivity contribution in [2.24, 2.45) is 0 Å². The van der Waals surface area contributed by atoms with Gasteiger partial charge < -0.3 is 14.2 Å². The molecule has 0 bridgehead atoms. The SMILES string of the molecule is COc1cc(OC)cc(C(=O)N(CCN2CCOCC2)c2nc3ccccc3s2)c1. The third kappa shape index (κ3) is 4.56. The molecular formula is C22H25N3O4S. The predicted octanol–water partition coefficient (Wildman–Crippen LogP) is 3.29. The van der Waals surface area contributed by atoms with E-state index in [1.54, 1.807) is 37.3 Å². The van der Waals surface area contributed by atoms with Crippen molar-refractivity contribution in [3.05, 3.63) is 48.0 Å². The summed E-state index contributed by atoms with van der Waals surface area (Å²) in [6.07, 6.45) is 0. The zero-order valence-electron chi connectivity index (χ0n) is 17.2. The van der Waals surface area contributed by atoms with Gasteiger partial charge in [-0.05, 0) is 24.3 Å². The fourth-order valence-corrected chi connectivity index (χ4v) is 4.40. The molecular weight excluding hydrogens is 402 g/mol. The van der Waals surface area contributed by atoms with Crippen LogP contribution in [-0.4, -0.2) is 69.4 Å². The minimum absolute atomic E-state index is 0.125. The normalized spacial score (nSPS) is 14.6. The molecule has 8 heteroatoms. The number of fused-ring (bicyclic) bond motifs is 1. The molecule has 0 N–H and O–H groups in total. The largest absolute Gasteiger partial charge is 0.497 e. The third-order valence-electron chi connectivity index (χ3n) is 5.10. The second-order valence-electron chi connectivity index (χ2n) is 6.98.